The van der Waals surface area contributed by atoms with Gasteiger partial charge in [0.05, 0.1) is 12.1 Å². The van der Waals surface area contributed by atoms with Gasteiger partial charge < -0.3 is 5.32 Å². The van der Waals surface area contributed by atoms with Crippen molar-refractivity contribution in [2.24, 2.45) is 0 Å². The number of likely N-dealkylation sites (N-methyl/N-ethyl adjacent to an activating group) is 1. The number of hydrogen-bond acceptors (Lipinski definition) is 2. The zero-order chi connectivity index (χ0) is 11.6. The molecule has 0 fully saturated rings. The molecule has 0 saturated heterocycles. The summed E-state index contributed by atoms with van der Waals surface area (Å²) in [6, 6.07) is 0.0564. The van der Waals surface area contributed by atoms with Gasteiger partial charge in [-0.3, -0.25) is 4.79 Å². The molecule has 0 atom stereocenters. The second-order valence-electron chi connectivity index (χ2n) is 2.80. The summed E-state index contributed by atoms with van der Waals surface area (Å²) in [4.78, 5) is 11.1. The molecular formula is C9H7F4NO. The van der Waals surface area contributed by atoms with Gasteiger partial charge in [-0.25, -0.2) is 17.6 Å². The van der Waals surface area contributed by atoms with Crippen LogP contribution in [0.15, 0.2) is 6.07 Å². The molecule has 1 aromatic carbocycles. The van der Waals surface area contributed by atoms with Gasteiger partial charge in [-0.15, -0.1) is 0 Å². The molecule has 0 unspecified atom stereocenters. The highest BCUT2D eigenvalue weighted by molar-refractivity contribution is 5.98. The highest BCUT2D eigenvalue weighted by Gasteiger charge is 2.23. The summed E-state index contributed by atoms with van der Waals surface area (Å²) in [5.74, 6) is -7.57. The quantitative estimate of drug-likeness (QED) is 0.477. The highest BCUT2D eigenvalue weighted by Crippen LogP contribution is 2.19. The molecular weight excluding hydrogens is 214 g/mol. The van der Waals surface area contributed by atoms with Crippen molar-refractivity contribution >= 4 is 5.78 Å². The molecule has 1 aromatic rings. The van der Waals surface area contributed by atoms with E-state index in [1.54, 1.807) is 0 Å². The molecule has 0 saturated carbocycles. The van der Waals surface area contributed by atoms with E-state index in [0.29, 0.717) is 0 Å². The summed E-state index contributed by atoms with van der Waals surface area (Å²) in [6.07, 6.45) is 0. The van der Waals surface area contributed by atoms with Gasteiger partial charge in [0.15, 0.2) is 29.1 Å². The lowest BCUT2D eigenvalue weighted by molar-refractivity contribution is 0.0983. The van der Waals surface area contributed by atoms with Gasteiger partial charge in [0, 0.05) is 6.07 Å². The number of nitrogens with one attached hydrogen (secondary N) is 1. The largest absolute Gasteiger partial charge is 0.313 e. The third-order valence-electron chi connectivity index (χ3n) is 1.73. The van der Waals surface area contributed by atoms with Crippen LogP contribution in [0.3, 0.4) is 0 Å². The monoisotopic (exact) mass is 221 g/mol. The third-order valence-corrected chi connectivity index (χ3v) is 1.73. The number of rotatable bonds is 3. The predicted octanol–water partition coefficient (Wildman–Crippen LogP) is 1.65. The van der Waals surface area contributed by atoms with Crippen molar-refractivity contribution in [1.29, 1.82) is 0 Å². The number of benzene rings is 1. The van der Waals surface area contributed by atoms with E-state index in [1.165, 1.54) is 7.05 Å². The molecule has 0 aliphatic carbocycles. The molecule has 0 aliphatic heterocycles. The predicted molar refractivity (Wildman–Crippen MR) is 44.5 cm³/mol. The molecule has 0 spiro atoms. The topological polar surface area (TPSA) is 29.1 Å². The summed E-state index contributed by atoms with van der Waals surface area (Å²) < 4.78 is 51.3. The Kier molecular flexibility index (Phi) is 3.41. The van der Waals surface area contributed by atoms with Gasteiger partial charge in [-0.05, 0) is 7.05 Å². The Labute approximate surface area is 82.9 Å². The first-order chi connectivity index (χ1) is 6.99. The summed E-state index contributed by atoms with van der Waals surface area (Å²) in [7, 11) is 1.36. The number of Topliss-reactive ketones (excluding diaryl/α,β-unsaturated/α-hetero) is 1. The zero-order valence-electron chi connectivity index (χ0n) is 7.70. The van der Waals surface area contributed by atoms with Crippen molar-refractivity contribution in [3.63, 3.8) is 0 Å². The fourth-order valence-electron chi connectivity index (χ4n) is 1.07. The molecule has 1 N–H and O–H groups in total. The maximum Gasteiger partial charge on any atom is 0.182 e. The minimum atomic E-state index is -1.67. The van der Waals surface area contributed by atoms with Crippen molar-refractivity contribution < 1.29 is 22.4 Å². The molecule has 6 heteroatoms. The van der Waals surface area contributed by atoms with Crippen LogP contribution in [0.2, 0.25) is 0 Å². The highest BCUT2D eigenvalue weighted by atomic mass is 19.2. The van der Waals surface area contributed by atoms with Crippen LogP contribution in [-0.4, -0.2) is 19.4 Å². The smallest absolute Gasteiger partial charge is 0.182 e. The van der Waals surface area contributed by atoms with Crippen molar-refractivity contribution in [2.75, 3.05) is 13.6 Å². The van der Waals surface area contributed by atoms with Gasteiger partial charge in [0.1, 0.15) is 0 Å². The first kappa shape index (κ1) is 11.6. The van der Waals surface area contributed by atoms with E-state index in [-0.39, 0.29) is 6.07 Å². The maximum absolute atomic E-state index is 13.0. The Morgan fingerprint density at radius 3 is 2.07 bits per heavy atom. The molecule has 0 aliphatic rings. The Morgan fingerprint density at radius 1 is 1.20 bits per heavy atom. The van der Waals surface area contributed by atoms with Crippen LogP contribution >= 0.6 is 0 Å². The molecule has 2 nitrogen and oxygen atoms in total. The summed E-state index contributed by atoms with van der Waals surface area (Å²) in [6.45, 7) is -0.406. The van der Waals surface area contributed by atoms with Gasteiger partial charge in [-0.1, -0.05) is 0 Å². The van der Waals surface area contributed by atoms with Crippen LogP contribution in [0.5, 0.6) is 0 Å². The third kappa shape index (κ3) is 2.15. The lowest BCUT2D eigenvalue weighted by atomic mass is 10.1. The Balaban J connectivity index is 3.32. The van der Waals surface area contributed by atoms with Crippen LogP contribution in [0.4, 0.5) is 17.6 Å². The minimum absolute atomic E-state index is 0.0564. The standard InChI is InChI=1S/C9H7F4NO/c1-14-3-6(15)7-8(12)4(10)2-5(11)9(7)13/h2,14H,3H2,1H3. The average molecular weight is 221 g/mol. The van der Waals surface area contributed by atoms with Crippen LogP contribution in [0.25, 0.3) is 0 Å². The number of ketones is 1. The summed E-state index contributed by atoms with van der Waals surface area (Å²) >= 11 is 0. The van der Waals surface area contributed by atoms with E-state index in [4.69, 9.17) is 0 Å². The zero-order valence-corrected chi connectivity index (χ0v) is 7.70. The molecule has 0 amide bonds. The lowest BCUT2D eigenvalue weighted by Gasteiger charge is -2.05. The van der Waals surface area contributed by atoms with Crippen LogP contribution in [-0.2, 0) is 0 Å². The van der Waals surface area contributed by atoms with E-state index >= 15 is 0 Å². The van der Waals surface area contributed by atoms with Gasteiger partial charge in [0.25, 0.3) is 0 Å². The minimum Gasteiger partial charge on any atom is -0.313 e. The van der Waals surface area contributed by atoms with E-state index in [1.807, 2.05) is 0 Å². The van der Waals surface area contributed by atoms with Crippen molar-refractivity contribution in [3.05, 3.63) is 34.9 Å². The second-order valence-corrected chi connectivity index (χ2v) is 2.80. The molecule has 0 bridgehead atoms. The van der Waals surface area contributed by atoms with Crippen molar-refractivity contribution in [3.8, 4) is 0 Å². The molecule has 0 aromatic heterocycles. The van der Waals surface area contributed by atoms with Crippen molar-refractivity contribution in [2.45, 2.75) is 0 Å². The number of carbonyl (C=O) groups is 1. The van der Waals surface area contributed by atoms with E-state index in [9.17, 15) is 22.4 Å². The lowest BCUT2D eigenvalue weighted by Crippen LogP contribution is -2.22. The van der Waals surface area contributed by atoms with Crippen molar-refractivity contribution in [1.82, 2.24) is 5.32 Å². The number of hydrogen-bond donors (Lipinski definition) is 1. The Hall–Kier alpha value is -1.43. The average Bonchev–Trinajstić information content (AvgIpc) is 2.16. The van der Waals surface area contributed by atoms with Crippen LogP contribution < -0.4 is 5.32 Å². The first-order valence-electron chi connectivity index (χ1n) is 3.99. The van der Waals surface area contributed by atoms with E-state index in [0.717, 1.165) is 0 Å². The number of halogens is 4. The van der Waals surface area contributed by atoms with Gasteiger partial charge in [0.2, 0.25) is 0 Å². The maximum atomic E-state index is 13.0. The van der Waals surface area contributed by atoms with E-state index in [2.05, 4.69) is 5.32 Å². The normalized spacial score (nSPS) is 10.5. The molecule has 82 valence electrons. The second kappa shape index (κ2) is 4.39. The Bertz CT molecular complexity index is 379. The number of carbonyl (C=O) groups excluding carboxylic acids is 1. The summed E-state index contributed by atoms with van der Waals surface area (Å²) in [5, 5.41) is 2.33. The molecule has 1 rings (SSSR count). The van der Waals surface area contributed by atoms with Gasteiger partial charge in [-0.2, -0.15) is 0 Å². The summed E-state index contributed by atoms with van der Waals surface area (Å²) in [5.41, 5.74) is -1.19. The van der Waals surface area contributed by atoms with Gasteiger partial charge >= 0.3 is 0 Å². The molecule has 15 heavy (non-hydrogen) atoms. The molecule has 0 radical (unpaired) electrons. The fraction of sp³-hybridized carbons (Fsp3) is 0.222. The van der Waals surface area contributed by atoms with Crippen LogP contribution in [0.1, 0.15) is 10.4 Å². The van der Waals surface area contributed by atoms with Crippen LogP contribution in [0, 0.1) is 23.3 Å². The van der Waals surface area contributed by atoms with E-state index < -0.39 is 41.2 Å². The first-order valence-corrected chi connectivity index (χ1v) is 3.99. The fourth-order valence-corrected chi connectivity index (χ4v) is 1.07. The Morgan fingerprint density at radius 2 is 1.67 bits per heavy atom. The molecule has 0 heterocycles. The SMILES string of the molecule is CNCC(=O)c1c(F)c(F)cc(F)c1F.